The highest BCUT2D eigenvalue weighted by Crippen LogP contribution is 2.33. The molecule has 2 N–H and O–H groups in total. The van der Waals surface area contributed by atoms with Crippen molar-refractivity contribution < 1.29 is 9.13 Å². The Morgan fingerprint density at radius 1 is 1.44 bits per heavy atom. The molecular weight excluding hydrogens is 297 g/mol. The van der Waals surface area contributed by atoms with Crippen LogP contribution in [-0.2, 0) is 0 Å². The average molecular weight is 316 g/mol. The summed E-state index contributed by atoms with van der Waals surface area (Å²) in [5.41, 5.74) is 6.34. The lowest BCUT2D eigenvalue weighted by Gasteiger charge is -2.29. The smallest absolute Gasteiger partial charge is 0.145 e. The Morgan fingerprint density at radius 3 is 2.94 bits per heavy atom. The molecule has 1 fully saturated rings. The maximum absolute atomic E-state index is 13.5. The topological polar surface area (TPSA) is 35.2 Å². The van der Waals surface area contributed by atoms with E-state index in [1.165, 1.54) is 25.3 Å². The molecular formula is C14H19BrFNO. The van der Waals surface area contributed by atoms with Gasteiger partial charge >= 0.3 is 0 Å². The van der Waals surface area contributed by atoms with Crippen LogP contribution < -0.4 is 10.5 Å². The zero-order chi connectivity index (χ0) is 13.1. The highest BCUT2D eigenvalue weighted by Gasteiger charge is 2.23. The lowest BCUT2D eigenvalue weighted by Crippen LogP contribution is -2.25. The number of anilines is 1. The molecule has 4 heteroatoms. The van der Waals surface area contributed by atoms with Crippen LogP contribution in [0.2, 0.25) is 0 Å². The second-order valence-corrected chi connectivity index (χ2v) is 5.84. The Bertz CT molecular complexity index is 425. The number of halogens is 2. The normalized spacial score (nSPS) is 23.9. The molecule has 0 bridgehead atoms. The van der Waals surface area contributed by atoms with Crippen molar-refractivity contribution in [3.63, 3.8) is 0 Å². The van der Waals surface area contributed by atoms with E-state index in [0.29, 0.717) is 15.9 Å². The summed E-state index contributed by atoms with van der Waals surface area (Å²) < 4.78 is 19.7. The van der Waals surface area contributed by atoms with Gasteiger partial charge in [-0.25, -0.2) is 4.39 Å². The first-order chi connectivity index (χ1) is 8.60. The molecule has 100 valence electrons. The molecule has 2 atom stereocenters. The SMILES string of the molecule is CCC1CCCC(Oc2cc(F)c(Br)cc2N)C1. The Hall–Kier alpha value is -0.770. The third kappa shape index (κ3) is 3.16. The predicted octanol–water partition coefficient (Wildman–Crippen LogP) is 4.52. The molecule has 0 spiro atoms. The number of nitrogens with two attached hydrogens (primary N) is 1. The Kier molecular flexibility index (Phi) is 4.49. The van der Waals surface area contributed by atoms with Gasteiger partial charge in [-0.2, -0.15) is 0 Å². The van der Waals surface area contributed by atoms with Crippen molar-refractivity contribution >= 4 is 21.6 Å². The van der Waals surface area contributed by atoms with E-state index >= 15 is 0 Å². The molecule has 0 saturated heterocycles. The first-order valence-corrected chi connectivity index (χ1v) is 7.30. The van der Waals surface area contributed by atoms with Crippen molar-refractivity contribution in [2.24, 2.45) is 5.92 Å². The zero-order valence-electron chi connectivity index (χ0n) is 10.6. The minimum atomic E-state index is -0.331. The van der Waals surface area contributed by atoms with Crippen LogP contribution in [0.5, 0.6) is 5.75 Å². The minimum absolute atomic E-state index is 0.173. The van der Waals surface area contributed by atoms with Crippen LogP contribution in [-0.4, -0.2) is 6.10 Å². The van der Waals surface area contributed by atoms with E-state index in [4.69, 9.17) is 10.5 Å². The van der Waals surface area contributed by atoms with Gasteiger partial charge in [0.05, 0.1) is 16.3 Å². The van der Waals surface area contributed by atoms with Crippen LogP contribution in [0, 0.1) is 11.7 Å². The van der Waals surface area contributed by atoms with Crippen LogP contribution >= 0.6 is 15.9 Å². The van der Waals surface area contributed by atoms with Gasteiger partial charge in [-0.1, -0.05) is 19.8 Å². The summed E-state index contributed by atoms with van der Waals surface area (Å²) in [5.74, 6) is 0.866. The molecule has 1 aromatic carbocycles. The van der Waals surface area contributed by atoms with Crippen LogP contribution in [0.3, 0.4) is 0 Å². The van der Waals surface area contributed by atoms with Gasteiger partial charge in [0.25, 0.3) is 0 Å². The molecule has 1 aromatic rings. The van der Waals surface area contributed by atoms with E-state index in [2.05, 4.69) is 22.9 Å². The number of rotatable bonds is 3. The molecule has 0 radical (unpaired) electrons. The average Bonchev–Trinajstić information content (AvgIpc) is 2.36. The quantitative estimate of drug-likeness (QED) is 0.832. The Morgan fingerprint density at radius 2 is 2.22 bits per heavy atom. The molecule has 0 aromatic heterocycles. The first kappa shape index (κ1) is 13.7. The van der Waals surface area contributed by atoms with Crippen molar-refractivity contribution in [1.29, 1.82) is 0 Å². The molecule has 2 rings (SSSR count). The molecule has 0 amide bonds. The van der Waals surface area contributed by atoms with Crippen molar-refractivity contribution in [3.8, 4) is 5.75 Å². The molecule has 2 unspecified atom stereocenters. The van der Waals surface area contributed by atoms with Gasteiger partial charge in [0.15, 0.2) is 0 Å². The fraction of sp³-hybridized carbons (Fsp3) is 0.571. The number of ether oxygens (including phenoxy) is 1. The van der Waals surface area contributed by atoms with Crippen LogP contribution in [0.25, 0.3) is 0 Å². The number of benzene rings is 1. The van der Waals surface area contributed by atoms with E-state index in [0.717, 1.165) is 18.8 Å². The third-order valence-electron chi connectivity index (χ3n) is 3.66. The predicted molar refractivity (Wildman–Crippen MR) is 75.2 cm³/mol. The maximum Gasteiger partial charge on any atom is 0.145 e. The van der Waals surface area contributed by atoms with Crippen LogP contribution in [0.1, 0.15) is 39.0 Å². The van der Waals surface area contributed by atoms with Crippen LogP contribution in [0.4, 0.5) is 10.1 Å². The summed E-state index contributed by atoms with van der Waals surface area (Å²) in [6, 6.07) is 2.93. The maximum atomic E-state index is 13.5. The fourth-order valence-electron chi connectivity index (χ4n) is 2.55. The summed E-state index contributed by atoms with van der Waals surface area (Å²) in [7, 11) is 0. The number of nitrogen functional groups attached to an aromatic ring is 1. The highest BCUT2D eigenvalue weighted by atomic mass is 79.9. The summed E-state index contributed by atoms with van der Waals surface area (Å²) >= 11 is 3.12. The third-order valence-corrected chi connectivity index (χ3v) is 4.27. The van der Waals surface area contributed by atoms with Crippen molar-refractivity contribution in [2.75, 3.05) is 5.73 Å². The van der Waals surface area contributed by atoms with E-state index in [-0.39, 0.29) is 11.9 Å². The Labute approximate surface area is 116 Å². The van der Waals surface area contributed by atoms with Crippen LogP contribution in [0.15, 0.2) is 16.6 Å². The second kappa shape index (κ2) is 5.91. The van der Waals surface area contributed by atoms with Crippen molar-refractivity contribution in [1.82, 2.24) is 0 Å². The molecule has 1 saturated carbocycles. The lowest BCUT2D eigenvalue weighted by atomic mass is 9.85. The van der Waals surface area contributed by atoms with E-state index in [9.17, 15) is 4.39 Å². The summed E-state index contributed by atoms with van der Waals surface area (Å²) in [4.78, 5) is 0. The lowest BCUT2D eigenvalue weighted by molar-refractivity contribution is 0.122. The molecule has 0 heterocycles. The van der Waals surface area contributed by atoms with Crippen molar-refractivity contribution in [2.45, 2.75) is 45.1 Å². The number of hydrogen-bond donors (Lipinski definition) is 1. The van der Waals surface area contributed by atoms with E-state index in [1.54, 1.807) is 6.07 Å². The minimum Gasteiger partial charge on any atom is -0.488 e. The van der Waals surface area contributed by atoms with Gasteiger partial charge in [0, 0.05) is 6.07 Å². The molecule has 1 aliphatic carbocycles. The van der Waals surface area contributed by atoms with Gasteiger partial charge in [-0.15, -0.1) is 0 Å². The Balaban J connectivity index is 2.07. The van der Waals surface area contributed by atoms with E-state index < -0.39 is 0 Å². The second-order valence-electron chi connectivity index (χ2n) is 4.98. The number of hydrogen-bond acceptors (Lipinski definition) is 2. The zero-order valence-corrected chi connectivity index (χ0v) is 12.2. The summed E-state index contributed by atoms with van der Waals surface area (Å²) in [6.07, 6.45) is 5.90. The molecule has 1 aliphatic rings. The summed E-state index contributed by atoms with van der Waals surface area (Å²) in [5, 5.41) is 0. The molecule has 2 nitrogen and oxygen atoms in total. The monoisotopic (exact) mass is 315 g/mol. The van der Waals surface area contributed by atoms with Crippen molar-refractivity contribution in [3.05, 3.63) is 22.4 Å². The van der Waals surface area contributed by atoms with Gasteiger partial charge in [-0.05, 0) is 47.2 Å². The van der Waals surface area contributed by atoms with E-state index in [1.807, 2.05) is 0 Å². The van der Waals surface area contributed by atoms with Gasteiger partial charge in [0.2, 0.25) is 0 Å². The largest absolute Gasteiger partial charge is 0.488 e. The van der Waals surface area contributed by atoms with Gasteiger partial charge in [-0.3, -0.25) is 0 Å². The standard InChI is InChI=1S/C14H19BrFNO/c1-2-9-4-3-5-10(6-9)18-14-8-12(16)11(15)7-13(14)17/h7-10H,2-6,17H2,1H3. The molecule has 18 heavy (non-hydrogen) atoms. The molecule has 0 aliphatic heterocycles. The summed E-state index contributed by atoms with van der Waals surface area (Å²) in [6.45, 7) is 2.21. The van der Waals surface area contributed by atoms with Gasteiger partial charge < -0.3 is 10.5 Å². The highest BCUT2D eigenvalue weighted by molar-refractivity contribution is 9.10. The fourth-order valence-corrected chi connectivity index (χ4v) is 2.91. The first-order valence-electron chi connectivity index (χ1n) is 6.51. The van der Waals surface area contributed by atoms with Gasteiger partial charge in [0.1, 0.15) is 11.6 Å².